The fourth-order valence-corrected chi connectivity index (χ4v) is 4.42. The maximum Gasteiger partial charge on any atom is 0.252 e. The van der Waals surface area contributed by atoms with Crippen molar-refractivity contribution in [2.75, 3.05) is 21.3 Å². The van der Waals surface area contributed by atoms with Crippen LogP contribution in [-0.2, 0) is 5.75 Å². The zero-order chi connectivity index (χ0) is 24.4. The summed E-state index contributed by atoms with van der Waals surface area (Å²) in [4.78, 5) is 17.5. The zero-order valence-electron chi connectivity index (χ0n) is 19.5. The number of amides is 1. The molecule has 0 radical (unpaired) electrons. The number of carbonyl (C=O) groups is 1. The Hall–Kier alpha value is -3.79. The van der Waals surface area contributed by atoms with Crippen molar-refractivity contribution in [3.8, 4) is 28.7 Å². The van der Waals surface area contributed by atoms with Gasteiger partial charge in [0, 0.05) is 17.0 Å². The molecule has 0 atom stereocenters. The average molecular weight is 493 g/mol. The van der Waals surface area contributed by atoms with Gasteiger partial charge in [0.05, 0.1) is 43.2 Å². The summed E-state index contributed by atoms with van der Waals surface area (Å²) >= 11 is 1.43. The quantitative estimate of drug-likeness (QED) is 0.338. The van der Waals surface area contributed by atoms with E-state index in [9.17, 15) is 4.79 Å². The van der Waals surface area contributed by atoms with Crippen LogP contribution in [0.25, 0.3) is 22.4 Å². The molecule has 2 aromatic carbocycles. The Morgan fingerprint density at radius 1 is 1.06 bits per heavy atom. The number of ether oxygens (including phenoxy) is 3. The highest BCUT2D eigenvalue weighted by atomic mass is 32.2. The highest BCUT2D eigenvalue weighted by molar-refractivity contribution is 7.98. The number of carbonyl (C=O) groups excluding carboxylic acids is 1. The average Bonchev–Trinajstić information content (AvgIpc) is 3.58. The molecule has 1 N–H and O–H groups in total. The Bertz CT molecular complexity index is 1360. The van der Waals surface area contributed by atoms with Gasteiger partial charge in [0.15, 0.2) is 11.5 Å². The predicted molar refractivity (Wildman–Crippen MR) is 131 cm³/mol. The molecule has 0 aliphatic heterocycles. The Labute approximate surface area is 206 Å². The molecule has 1 amide bonds. The third kappa shape index (κ3) is 4.88. The van der Waals surface area contributed by atoms with Gasteiger partial charge in [-0.3, -0.25) is 4.79 Å². The monoisotopic (exact) mass is 492 g/mol. The largest absolute Gasteiger partial charge is 0.493 e. The summed E-state index contributed by atoms with van der Waals surface area (Å²) < 4.78 is 22.1. The maximum atomic E-state index is 12.8. The van der Waals surface area contributed by atoms with Gasteiger partial charge >= 0.3 is 0 Å². The van der Waals surface area contributed by atoms with E-state index in [1.165, 1.54) is 11.8 Å². The van der Waals surface area contributed by atoms with Crippen molar-refractivity contribution in [1.82, 2.24) is 20.5 Å². The normalized spacial score (nSPS) is 13.0. The van der Waals surface area contributed by atoms with E-state index in [1.54, 1.807) is 33.5 Å². The zero-order valence-corrected chi connectivity index (χ0v) is 20.3. The highest BCUT2D eigenvalue weighted by Gasteiger charge is 2.25. The smallest absolute Gasteiger partial charge is 0.252 e. The van der Waals surface area contributed by atoms with Gasteiger partial charge in [-0.2, -0.15) is 0 Å². The number of rotatable bonds is 9. The molecule has 2 aromatic heterocycles. The molecule has 1 saturated carbocycles. The molecule has 2 heterocycles. The maximum absolute atomic E-state index is 12.8. The van der Waals surface area contributed by atoms with E-state index in [1.807, 2.05) is 30.3 Å². The molecule has 180 valence electrons. The summed E-state index contributed by atoms with van der Waals surface area (Å²) in [5, 5.41) is 12.9. The van der Waals surface area contributed by atoms with E-state index < -0.39 is 0 Å². The molecule has 0 saturated heterocycles. The highest BCUT2D eigenvalue weighted by Crippen LogP contribution is 2.41. The first-order chi connectivity index (χ1) is 17.1. The molecule has 0 bridgehead atoms. The first kappa shape index (κ1) is 23.0. The molecule has 10 heteroatoms. The topological polar surface area (TPSA) is 109 Å². The lowest BCUT2D eigenvalue weighted by atomic mass is 10.1. The molecular formula is C25H24N4O5S. The fraction of sp³-hybridized carbons (Fsp3) is 0.280. The summed E-state index contributed by atoms with van der Waals surface area (Å²) in [6.45, 7) is 0. The van der Waals surface area contributed by atoms with Gasteiger partial charge in [0.2, 0.25) is 17.5 Å². The lowest BCUT2D eigenvalue weighted by Gasteiger charge is -2.12. The minimum Gasteiger partial charge on any atom is -0.493 e. The molecule has 5 rings (SSSR count). The van der Waals surface area contributed by atoms with Crippen molar-refractivity contribution < 1.29 is 23.4 Å². The lowest BCUT2D eigenvalue weighted by Crippen LogP contribution is -2.25. The number of aromatic nitrogens is 3. The Balaban J connectivity index is 1.37. The van der Waals surface area contributed by atoms with Crippen LogP contribution in [0.15, 0.2) is 51.9 Å². The van der Waals surface area contributed by atoms with E-state index in [0.29, 0.717) is 50.9 Å². The number of hydrogen-bond donors (Lipinski definition) is 1. The van der Waals surface area contributed by atoms with Crippen molar-refractivity contribution in [1.29, 1.82) is 0 Å². The van der Waals surface area contributed by atoms with Gasteiger partial charge in [-0.1, -0.05) is 30.0 Å². The van der Waals surface area contributed by atoms with Crippen LogP contribution in [0, 0.1) is 0 Å². The first-order valence-corrected chi connectivity index (χ1v) is 12.0. The summed E-state index contributed by atoms with van der Waals surface area (Å²) in [6.07, 6.45) is 2.06. The van der Waals surface area contributed by atoms with E-state index in [2.05, 4.69) is 15.5 Å². The predicted octanol–water partition coefficient (Wildman–Crippen LogP) is 4.50. The van der Waals surface area contributed by atoms with Gasteiger partial charge in [0.25, 0.3) is 5.91 Å². The number of methoxy groups -OCH3 is 3. The fourth-order valence-electron chi connectivity index (χ4n) is 3.67. The van der Waals surface area contributed by atoms with Crippen molar-refractivity contribution in [3.05, 3.63) is 53.9 Å². The molecule has 0 spiro atoms. The van der Waals surface area contributed by atoms with Crippen LogP contribution >= 0.6 is 11.8 Å². The number of nitrogens with zero attached hydrogens (tertiary/aromatic N) is 3. The van der Waals surface area contributed by atoms with Crippen molar-refractivity contribution in [3.63, 3.8) is 0 Å². The number of benzene rings is 2. The molecule has 1 fully saturated rings. The van der Waals surface area contributed by atoms with Crippen molar-refractivity contribution >= 4 is 28.6 Å². The molecule has 0 unspecified atom stereocenters. The number of hydrogen-bond acceptors (Lipinski definition) is 9. The molecule has 35 heavy (non-hydrogen) atoms. The van der Waals surface area contributed by atoms with E-state index in [0.717, 1.165) is 23.7 Å². The minimum atomic E-state index is -0.0737. The van der Waals surface area contributed by atoms with Crippen LogP contribution in [0.2, 0.25) is 0 Å². The van der Waals surface area contributed by atoms with Crippen molar-refractivity contribution in [2.24, 2.45) is 0 Å². The van der Waals surface area contributed by atoms with Gasteiger partial charge in [-0.15, -0.1) is 10.2 Å². The van der Waals surface area contributed by atoms with Crippen molar-refractivity contribution in [2.45, 2.75) is 29.7 Å². The summed E-state index contributed by atoms with van der Waals surface area (Å²) in [5.41, 5.74) is 2.03. The molecule has 4 aromatic rings. The van der Waals surface area contributed by atoms with Crippen LogP contribution < -0.4 is 19.5 Å². The Kier molecular flexibility index (Phi) is 6.45. The summed E-state index contributed by atoms with van der Waals surface area (Å²) in [5.74, 6) is 2.55. The van der Waals surface area contributed by atoms with Crippen LogP contribution in [0.1, 0.15) is 29.1 Å². The third-order valence-corrected chi connectivity index (χ3v) is 6.47. The Morgan fingerprint density at radius 3 is 2.49 bits per heavy atom. The Morgan fingerprint density at radius 2 is 1.80 bits per heavy atom. The van der Waals surface area contributed by atoms with Crippen LogP contribution in [-0.4, -0.2) is 48.5 Å². The summed E-state index contributed by atoms with van der Waals surface area (Å²) in [6, 6.07) is 13.2. The first-order valence-electron chi connectivity index (χ1n) is 11.1. The minimum absolute atomic E-state index is 0.0737. The van der Waals surface area contributed by atoms with Gasteiger partial charge in [-0.05, 0) is 37.1 Å². The number of para-hydroxylation sites is 1. The van der Waals surface area contributed by atoms with Crippen LogP contribution in [0.5, 0.6) is 17.2 Å². The molecule has 1 aliphatic carbocycles. The van der Waals surface area contributed by atoms with E-state index in [4.69, 9.17) is 23.6 Å². The van der Waals surface area contributed by atoms with Gasteiger partial charge in [0.1, 0.15) is 0 Å². The second kappa shape index (κ2) is 9.83. The molecule has 1 aliphatic rings. The van der Waals surface area contributed by atoms with Crippen LogP contribution in [0.4, 0.5) is 0 Å². The second-order valence-electron chi connectivity index (χ2n) is 7.98. The SMILES string of the molecule is COc1cc(-c2nnc(CSc3cc(C(=O)NC4CC4)c4ccccc4n3)o2)cc(OC)c1OC. The number of nitrogens with one attached hydrogen (secondary N) is 1. The number of thioether (sulfide) groups is 1. The molecule has 9 nitrogen and oxygen atoms in total. The molecular weight excluding hydrogens is 468 g/mol. The lowest BCUT2D eigenvalue weighted by molar-refractivity contribution is 0.0952. The van der Waals surface area contributed by atoms with Gasteiger partial charge in [-0.25, -0.2) is 4.98 Å². The number of pyridine rings is 1. The van der Waals surface area contributed by atoms with E-state index >= 15 is 0 Å². The number of fused-ring (bicyclic) bond motifs is 1. The summed E-state index contributed by atoms with van der Waals surface area (Å²) in [7, 11) is 4.64. The van der Waals surface area contributed by atoms with E-state index in [-0.39, 0.29) is 11.9 Å². The standard InChI is InChI=1S/C25H24N4O5S/c1-31-19-10-14(11-20(32-2)23(19)33-3)25-29-28-21(34-25)13-35-22-12-17(24(30)26-15-8-9-15)16-6-4-5-7-18(16)27-22/h4-7,10-12,15H,8-9,13H2,1-3H3,(H,26,30). The second-order valence-corrected chi connectivity index (χ2v) is 8.97. The van der Waals surface area contributed by atoms with Gasteiger partial charge < -0.3 is 23.9 Å². The van der Waals surface area contributed by atoms with Crippen LogP contribution in [0.3, 0.4) is 0 Å². The third-order valence-electron chi connectivity index (χ3n) is 5.57.